The first-order valence-corrected chi connectivity index (χ1v) is 4.24. The van der Waals surface area contributed by atoms with Crippen LogP contribution >= 0.6 is 0 Å². The third-order valence-corrected chi connectivity index (χ3v) is 2.30. The van der Waals surface area contributed by atoms with Crippen molar-refractivity contribution in [1.82, 2.24) is 9.78 Å². The van der Waals surface area contributed by atoms with Crippen LogP contribution in [0, 0.1) is 0 Å². The van der Waals surface area contributed by atoms with Gasteiger partial charge < -0.3 is 10.8 Å². The molecule has 0 radical (unpaired) electrons. The molecule has 86 valence electrons. The molecule has 3 N–H and O–H groups in total. The van der Waals surface area contributed by atoms with Crippen LogP contribution in [-0.2, 0) is 12.6 Å². The van der Waals surface area contributed by atoms with Crippen molar-refractivity contribution in [2.24, 2.45) is 12.8 Å². The van der Waals surface area contributed by atoms with Crippen LogP contribution < -0.4 is 5.73 Å². The van der Waals surface area contributed by atoms with Gasteiger partial charge >= 0.3 is 6.18 Å². The van der Waals surface area contributed by atoms with Gasteiger partial charge in [0.15, 0.2) is 0 Å². The number of hydrogen-bond acceptors (Lipinski definition) is 3. The van der Waals surface area contributed by atoms with Gasteiger partial charge in [-0.25, -0.2) is 0 Å². The van der Waals surface area contributed by atoms with Gasteiger partial charge in [0.2, 0.25) is 5.60 Å². The zero-order chi connectivity index (χ0) is 11.9. The van der Waals surface area contributed by atoms with E-state index in [0.717, 1.165) is 17.7 Å². The van der Waals surface area contributed by atoms with Gasteiger partial charge in [0, 0.05) is 19.3 Å². The van der Waals surface area contributed by atoms with Gasteiger partial charge in [-0.05, 0) is 13.0 Å². The average Bonchev–Trinajstić information content (AvgIpc) is 2.47. The molecule has 7 heteroatoms. The fourth-order valence-electron chi connectivity index (χ4n) is 1.38. The van der Waals surface area contributed by atoms with Crippen LogP contribution in [0.25, 0.3) is 0 Å². The first-order valence-electron chi connectivity index (χ1n) is 4.24. The molecule has 0 bridgehead atoms. The first-order chi connectivity index (χ1) is 6.71. The second-order valence-corrected chi connectivity index (χ2v) is 3.39. The van der Waals surface area contributed by atoms with E-state index in [-0.39, 0.29) is 5.69 Å². The lowest BCUT2D eigenvalue weighted by Crippen LogP contribution is -2.55. The van der Waals surface area contributed by atoms with Crippen molar-refractivity contribution in [3.8, 4) is 0 Å². The highest BCUT2D eigenvalue weighted by Crippen LogP contribution is 2.40. The Kier molecular flexibility index (Phi) is 2.79. The van der Waals surface area contributed by atoms with Crippen molar-refractivity contribution in [2.45, 2.75) is 24.7 Å². The smallest absolute Gasteiger partial charge is 0.374 e. The number of halogens is 3. The predicted octanol–water partition coefficient (Wildman–Crippen LogP) is 0.517. The Morgan fingerprint density at radius 3 is 2.33 bits per heavy atom. The van der Waals surface area contributed by atoms with Crippen LogP contribution in [0.3, 0.4) is 0 Å². The Hall–Kier alpha value is -1.08. The summed E-state index contributed by atoms with van der Waals surface area (Å²) >= 11 is 0. The molecule has 0 amide bonds. The predicted molar refractivity (Wildman–Crippen MR) is 46.8 cm³/mol. The van der Waals surface area contributed by atoms with Crippen LogP contribution in [0.5, 0.6) is 0 Å². The lowest BCUT2D eigenvalue weighted by atomic mass is 9.91. The van der Waals surface area contributed by atoms with Crippen molar-refractivity contribution >= 4 is 0 Å². The summed E-state index contributed by atoms with van der Waals surface area (Å²) in [7, 11) is 1.31. The lowest BCUT2D eigenvalue weighted by Gasteiger charge is -2.33. The molecule has 15 heavy (non-hydrogen) atoms. The summed E-state index contributed by atoms with van der Waals surface area (Å²) < 4.78 is 39.1. The number of hydrogen-bond donors (Lipinski definition) is 2. The molecule has 0 fully saturated rings. The van der Waals surface area contributed by atoms with E-state index in [2.05, 4.69) is 5.10 Å². The summed E-state index contributed by atoms with van der Waals surface area (Å²) in [6.07, 6.45) is -3.66. The van der Waals surface area contributed by atoms with Crippen LogP contribution in [0.2, 0.25) is 0 Å². The summed E-state index contributed by atoms with van der Waals surface area (Å²) in [6, 6.07) is -0.385. The van der Waals surface area contributed by atoms with Crippen LogP contribution in [0.15, 0.2) is 12.3 Å². The monoisotopic (exact) mass is 223 g/mol. The van der Waals surface area contributed by atoms with Gasteiger partial charge in [-0.3, -0.25) is 4.68 Å². The molecule has 0 spiro atoms. The number of nitrogens with zero attached hydrogens (tertiary/aromatic N) is 2. The molecule has 1 aromatic rings. The number of aryl methyl sites for hydroxylation is 1. The maximum atomic E-state index is 12.7. The molecule has 1 aromatic heterocycles. The highest BCUT2D eigenvalue weighted by molar-refractivity contribution is 5.17. The Morgan fingerprint density at radius 1 is 1.53 bits per heavy atom. The van der Waals surface area contributed by atoms with E-state index in [4.69, 9.17) is 5.73 Å². The number of aliphatic hydroxyl groups is 1. The van der Waals surface area contributed by atoms with Gasteiger partial charge in [-0.1, -0.05) is 0 Å². The van der Waals surface area contributed by atoms with E-state index >= 15 is 0 Å². The van der Waals surface area contributed by atoms with E-state index in [1.54, 1.807) is 0 Å². The van der Waals surface area contributed by atoms with Crippen LogP contribution in [-0.4, -0.2) is 27.1 Å². The zero-order valence-electron chi connectivity index (χ0n) is 8.28. The minimum Gasteiger partial charge on any atom is -0.374 e. The fraction of sp³-hybridized carbons (Fsp3) is 0.625. The second-order valence-electron chi connectivity index (χ2n) is 3.39. The molecule has 4 nitrogen and oxygen atoms in total. The van der Waals surface area contributed by atoms with E-state index in [9.17, 15) is 18.3 Å². The Balaban J connectivity index is 3.32. The molecule has 0 saturated heterocycles. The van der Waals surface area contributed by atoms with E-state index in [0.29, 0.717) is 0 Å². The Labute approximate surface area is 84.5 Å². The van der Waals surface area contributed by atoms with Crippen molar-refractivity contribution in [1.29, 1.82) is 0 Å². The molecular weight excluding hydrogens is 211 g/mol. The summed E-state index contributed by atoms with van der Waals surface area (Å²) in [4.78, 5) is 0. The number of rotatable bonds is 2. The maximum Gasteiger partial charge on any atom is 0.424 e. The minimum atomic E-state index is -4.84. The van der Waals surface area contributed by atoms with Gasteiger partial charge in [-0.15, -0.1) is 0 Å². The number of nitrogens with two attached hydrogens (primary N) is 1. The summed E-state index contributed by atoms with van der Waals surface area (Å²) in [5.41, 5.74) is 1.76. The topological polar surface area (TPSA) is 64.1 Å². The largest absolute Gasteiger partial charge is 0.424 e. The lowest BCUT2D eigenvalue weighted by molar-refractivity contribution is -0.275. The Bertz CT molecular complexity index is 347. The normalized spacial score (nSPS) is 18.6. The summed E-state index contributed by atoms with van der Waals surface area (Å²) in [5.74, 6) is 0. The minimum absolute atomic E-state index is 0.370. The molecular formula is C8H12F3N3O. The van der Waals surface area contributed by atoms with Crippen molar-refractivity contribution in [2.75, 3.05) is 0 Å². The fourth-order valence-corrected chi connectivity index (χ4v) is 1.38. The van der Waals surface area contributed by atoms with E-state index in [1.807, 2.05) is 0 Å². The van der Waals surface area contributed by atoms with Gasteiger partial charge in [-0.2, -0.15) is 18.3 Å². The number of alkyl halides is 3. The molecule has 2 unspecified atom stereocenters. The van der Waals surface area contributed by atoms with Crippen LogP contribution in [0.4, 0.5) is 13.2 Å². The summed E-state index contributed by atoms with van der Waals surface area (Å²) in [5, 5.41) is 13.2. The molecule has 0 aromatic carbocycles. The summed E-state index contributed by atoms with van der Waals surface area (Å²) in [6.45, 7) is 1.10. The van der Waals surface area contributed by atoms with Crippen molar-refractivity contribution in [3.63, 3.8) is 0 Å². The third kappa shape index (κ3) is 1.72. The molecule has 1 heterocycles. The molecule has 2 atom stereocenters. The zero-order valence-corrected chi connectivity index (χ0v) is 8.28. The first kappa shape index (κ1) is 12.0. The van der Waals surface area contributed by atoms with Gasteiger partial charge in [0.1, 0.15) is 0 Å². The second kappa shape index (κ2) is 3.49. The van der Waals surface area contributed by atoms with E-state index < -0.39 is 17.8 Å². The quantitative estimate of drug-likeness (QED) is 0.768. The van der Waals surface area contributed by atoms with E-state index in [1.165, 1.54) is 13.2 Å². The molecule has 0 saturated carbocycles. The van der Waals surface area contributed by atoms with Crippen LogP contribution in [0.1, 0.15) is 12.6 Å². The SMILES string of the molecule is CC(N)C(O)(c1ccnn1C)C(F)(F)F. The molecule has 1 rings (SSSR count). The Morgan fingerprint density at radius 2 is 2.07 bits per heavy atom. The standard InChI is InChI=1S/C8H12F3N3O/c1-5(12)7(15,8(9,10)11)6-3-4-13-14(6)2/h3-5,15H,12H2,1-2H3. The van der Waals surface area contributed by atoms with Gasteiger partial charge in [0.25, 0.3) is 0 Å². The molecule has 0 aliphatic heterocycles. The highest BCUT2D eigenvalue weighted by atomic mass is 19.4. The molecule has 0 aliphatic rings. The van der Waals surface area contributed by atoms with Crippen molar-refractivity contribution in [3.05, 3.63) is 18.0 Å². The molecule has 0 aliphatic carbocycles. The van der Waals surface area contributed by atoms with Gasteiger partial charge in [0.05, 0.1) is 5.69 Å². The number of aromatic nitrogens is 2. The van der Waals surface area contributed by atoms with Crippen molar-refractivity contribution < 1.29 is 18.3 Å². The highest BCUT2D eigenvalue weighted by Gasteiger charge is 2.59. The third-order valence-electron chi connectivity index (χ3n) is 2.30. The average molecular weight is 223 g/mol. The maximum absolute atomic E-state index is 12.7.